The molecule has 174 valence electrons. The quantitative estimate of drug-likeness (QED) is 0.314. The number of hydrogen-bond donors (Lipinski definition) is 3. The van der Waals surface area contributed by atoms with Crippen molar-refractivity contribution in [3.05, 3.63) is 77.7 Å². The molecule has 33 heavy (non-hydrogen) atoms. The summed E-state index contributed by atoms with van der Waals surface area (Å²) in [6.07, 6.45) is 5.35. The first-order chi connectivity index (χ1) is 15.6. The number of nitrogens with zero attached hydrogens (tertiary/aromatic N) is 2. The van der Waals surface area contributed by atoms with Gasteiger partial charge in [-0.05, 0) is 60.9 Å². The molecule has 0 aliphatic carbocycles. The number of nitrogens with one attached hydrogen (secondary N) is 1. The number of rotatable bonds is 8. The maximum absolute atomic E-state index is 13.2. The second kappa shape index (κ2) is 9.83. The largest absolute Gasteiger partial charge is 0.335 e. The van der Waals surface area contributed by atoms with E-state index in [4.69, 9.17) is 0 Å². The minimum atomic E-state index is -4.37. The molecule has 0 fully saturated rings. The molecule has 0 saturated heterocycles. The molecule has 3 aromatic rings. The summed E-state index contributed by atoms with van der Waals surface area (Å²) >= 11 is 0. The van der Waals surface area contributed by atoms with Crippen LogP contribution in [-0.4, -0.2) is 25.5 Å². The Kier molecular flexibility index (Phi) is 7.32. The number of carbonyl (C=O) groups is 1. The third-order valence-electron chi connectivity index (χ3n) is 5.81. The first-order valence-corrected chi connectivity index (χ1v) is 12.2. The predicted molar refractivity (Wildman–Crippen MR) is 127 cm³/mol. The average Bonchev–Trinajstić information content (AvgIpc) is 3.14. The lowest BCUT2D eigenvalue weighted by atomic mass is 9.92. The molecule has 3 N–H and O–H groups in total. The normalized spacial score (nSPS) is 12.3. The maximum atomic E-state index is 13.2. The number of carbonyl (C=O) groups excluding carboxylic acids is 1. The van der Waals surface area contributed by atoms with E-state index >= 15 is 0 Å². The average molecular weight is 471 g/mol. The first-order valence-electron chi connectivity index (χ1n) is 10.5. The van der Waals surface area contributed by atoms with E-state index in [1.807, 2.05) is 0 Å². The fourth-order valence-electron chi connectivity index (χ4n) is 3.91. The Morgan fingerprint density at radius 3 is 2.27 bits per heavy atom. The molecular formula is C24H27FN3O4P. The van der Waals surface area contributed by atoms with Gasteiger partial charge in [-0.1, -0.05) is 26.0 Å². The molecule has 2 aromatic carbocycles. The van der Waals surface area contributed by atoms with Gasteiger partial charge in [-0.15, -0.1) is 0 Å². The molecule has 3 rings (SSSR count). The van der Waals surface area contributed by atoms with Crippen LogP contribution < -0.4 is 5.32 Å². The molecular weight excluding hydrogens is 444 g/mol. The Balaban J connectivity index is 1.76. The molecule has 0 radical (unpaired) electrons. The van der Waals surface area contributed by atoms with Crippen LogP contribution in [0.25, 0.3) is 17.3 Å². The zero-order valence-electron chi connectivity index (χ0n) is 18.7. The zero-order chi connectivity index (χ0) is 24.2. The van der Waals surface area contributed by atoms with Gasteiger partial charge in [0.25, 0.3) is 0 Å². The van der Waals surface area contributed by atoms with Gasteiger partial charge in [0.1, 0.15) is 5.82 Å². The van der Waals surface area contributed by atoms with Gasteiger partial charge in [-0.2, -0.15) is 5.10 Å². The van der Waals surface area contributed by atoms with Crippen LogP contribution in [-0.2, 0) is 21.6 Å². The van der Waals surface area contributed by atoms with Gasteiger partial charge in [-0.25, -0.2) is 4.39 Å². The lowest BCUT2D eigenvalue weighted by Gasteiger charge is -2.33. The fraction of sp³-hybridized carbons (Fsp3) is 0.250. The lowest BCUT2D eigenvalue weighted by molar-refractivity contribution is -0.111. The van der Waals surface area contributed by atoms with Crippen molar-refractivity contribution < 1.29 is 23.5 Å². The highest BCUT2D eigenvalue weighted by Gasteiger charge is 2.45. The van der Waals surface area contributed by atoms with Crippen molar-refractivity contribution in [2.24, 2.45) is 7.05 Å². The van der Waals surface area contributed by atoms with Crippen LogP contribution in [0.2, 0.25) is 0 Å². The molecule has 0 spiro atoms. The second-order valence-electron chi connectivity index (χ2n) is 7.80. The van der Waals surface area contributed by atoms with Gasteiger partial charge < -0.3 is 15.1 Å². The number of anilines is 1. The fourth-order valence-corrected chi connectivity index (χ4v) is 5.22. The third-order valence-corrected chi connectivity index (χ3v) is 7.81. The van der Waals surface area contributed by atoms with E-state index in [2.05, 4.69) is 10.4 Å². The molecule has 0 saturated carbocycles. The zero-order valence-corrected chi connectivity index (χ0v) is 19.6. The van der Waals surface area contributed by atoms with E-state index in [1.54, 1.807) is 74.2 Å². The van der Waals surface area contributed by atoms with E-state index in [0.717, 1.165) is 5.56 Å². The van der Waals surface area contributed by atoms with Gasteiger partial charge >= 0.3 is 7.60 Å². The van der Waals surface area contributed by atoms with Crippen molar-refractivity contribution in [1.82, 2.24) is 9.78 Å². The Labute approximate surface area is 192 Å². The molecule has 1 aromatic heterocycles. The number of aryl methyl sites for hydroxylation is 1. The smallest absolute Gasteiger partial charge is 0.324 e. The van der Waals surface area contributed by atoms with Crippen LogP contribution in [0, 0.1) is 5.82 Å². The third kappa shape index (κ3) is 5.30. The van der Waals surface area contributed by atoms with E-state index in [9.17, 15) is 23.5 Å². The van der Waals surface area contributed by atoms with Crippen LogP contribution in [0.1, 0.15) is 37.8 Å². The molecule has 0 atom stereocenters. The van der Waals surface area contributed by atoms with Gasteiger partial charge in [0.15, 0.2) is 0 Å². The molecule has 0 aliphatic heterocycles. The van der Waals surface area contributed by atoms with Crippen molar-refractivity contribution in [2.45, 2.75) is 31.8 Å². The summed E-state index contributed by atoms with van der Waals surface area (Å²) in [5, 5.41) is 5.89. The Bertz CT molecular complexity index is 1190. The highest BCUT2D eigenvalue weighted by Crippen LogP contribution is 2.60. The molecule has 0 aliphatic rings. The number of benzene rings is 2. The highest BCUT2D eigenvalue weighted by atomic mass is 31.2. The Hall–Kier alpha value is -3.06. The molecule has 1 amide bonds. The van der Waals surface area contributed by atoms with Crippen LogP contribution in [0.4, 0.5) is 10.1 Å². The van der Waals surface area contributed by atoms with Crippen molar-refractivity contribution in [1.29, 1.82) is 0 Å². The highest BCUT2D eigenvalue weighted by molar-refractivity contribution is 7.53. The summed E-state index contributed by atoms with van der Waals surface area (Å²) in [6, 6.07) is 12.5. The Morgan fingerprint density at radius 1 is 1.12 bits per heavy atom. The first kappa shape index (κ1) is 24.6. The van der Waals surface area contributed by atoms with Crippen molar-refractivity contribution in [3.63, 3.8) is 0 Å². The minimum Gasteiger partial charge on any atom is -0.324 e. The summed E-state index contributed by atoms with van der Waals surface area (Å²) < 4.78 is 27.0. The van der Waals surface area contributed by atoms with Gasteiger partial charge in [0.2, 0.25) is 5.91 Å². The van der Waals surface area contributed by atoms with Gasteiger partial charge in [0, 0.05) is 36.1 Å². The predicted octanol–water partition coefficient (Wildman–Crippen LogP) is 5.07. The molecule has 0 unspecified atom stereocenters. The van der Waals surface area contributed by atoms with Crippen LogP contribution >= 0.6 is 7.60 Å². The molecule has 9 heteroatoms. The van der Waals surface area contributed by atoms with Crippen molar-refractivity contribution in [2.75, 3.05) is 5.32 Å². The van der Waals surface area contributed by atoms with Crippen LogP contribution in [0.5, 0.6) is 0 Å². The maximum Gasteiger partial charge on any atom is 0.335 e. The second-order valence-corrected chi connectivity index (χ2v) is 9.74. The van der Waals surface area contributed by atoms with E-state index in [-0.39, 0.29) is 11.7 Å². The van der Waals surface area contributed by atoms with E-state index in [1.165, 1.54) is 18.2 Å². The molecule has 0 bridgehead atoms. The molecule has 1 heterocycles. The van der Waals surface area contributed by atoms with Crippen LogP contribution in [0.3, 0.4) is 0 Å². The van der Waals surface area contributed by atoms with Crippen LogP contribution in [0.15, 0.2) is 60.8 Å². The van der Waals surface area contributed by atoms with Crippen molar-refractivity contribution >= 4 is 25.3 Å². The topological polar surface area (TPSA) is 104 Å². The summed E-state index contributed by atoms with van der Waals surface area (Å²) in [5.74, 6) is -0.711. The van der Waals surface area contributed by atoms with Gasteiger partial charge in [-0.3, -0.25) is 14.0 Å². The summed E-state index contributed by atoms with van der Waals surface area (Å²) in [6.45, 7) is 3.50. The van der Waals surface area contributed by atoms with E-state index in [0.29, 0.717) is 35.3 Å². The Morgan fingerprint density at radius 2 is 1.73 bits per heavy atom. The number of halogens is 1. The molecule has 7 nitrogen and oxygen atoms in total. The van der Waals surface area contributed by atoms with Gasteiger partial charge in [0.05, 0.1) is 10.9 Å². The van der Waals surface area contributed by atoms with Crippen molar-refractivity contribution in [3.8, 4) is 11.3 Å². The summed E-state index contributed by atoms with van der Waals surface area (Å²) in [5.41, 5.74) is 3.10. The van der Waals surface area contributed by atoms with E-state index < -0.39 is 12.8 Å². The monoisotopic (exact) mass is 471 g/mol. The summed E-state index contributed by atoms with van der Waals surface area (Å²) in [7, 11) is -2.61. The summed E-state index contributed by atoms with van der Waals surface area (Å²) in [4.78, 5) is 32.2. The number of aromatic nitrogens is 2. The minimum absolute atomic E-state index is 0.295. The standard InChI is InChI=1S/C24H27FN3O4P/c1-4-24(5-2,33(30,31)32)19-9-13-21(14-10-19)26-22(29)15-8-18-16-28(3)27-23(18)17-6-11-20(25)12-7-17/h6-16H,4-5H2,1-3H3,(H,26,29)(H2,30,31,32)/b15-8+. The SMILES string of the molecule is CCC(CC)(c1ccc(NC(=O)/C=C/c2cn(C)nc2-c2ccc(F)cc2)cc1)P(=O)(O)O. The number of amides is 1. The lowest BCUT2D eigenvalue weighted by Crippen LogP contribution is -2.24. The number of hydrogen-bond acceptors (Lipinski definition) is 3.